The summed E-state index contributed by atoms with van der Waals surface area (Å²) >= 11 is 6.84. The van der Waals surface area contributed by atoms with Crippen LogP contribution in [-0.2, 0) is 9.47 Å². The van der Waals surface area contributed by atoms with Crippen LogP contribution in [0, 0.1) is 0 Å². The Bertz CT molecular complexity index is 978. The van der Waals surface area contributed by atoms with E-state index in [0.717, 1.165) is 0 Å². The van der Waals surface area contributed by atoms with E-state index in [1.807, 2.05) is 13.8 Å². The highest BCUT2D eigenvalue weighted by molar-refractivity contribution is 9.10. The Morgan fingerprint density at radius 2 is 0.947 bits per heavy atom. The number of benzene rings is 2. The average Bonchev–Trinajstić information content (AvgIpc) is 2.94. The molecule has 1 heterocycles. The SMILES string of the molecule is CCC(Br)C(=O)c1ccc2c(c1)OCCOCCOc1ccc(C(=O)C(Br)CC)cc1OCCOCCO2. The molecule has 10 heteroatoms. The zero-order chi connectivity index (χ0) is 27.3. The highest BCUT2D eigenvalue weighted by Gasteiger charge is 2.19. The predicted octanol–water partition coefficient (Wildman–Crippen LogP) is 5.66. The first-order chi connectivity index (χ1) is 18.4. The first kappa shape index (κ1) is 30.4. The maximum atomic E-state index is 12.6. The lowest BCUT2D eigenvalue weighted by molar-refractivity contribution is 0.0639. The monoisotopic (exact) mass is 656 g/mol. The van der Waals surface area contributed by atoms with Gasteiger partial charge in [-0.2, -0.15) is 0 Å². The quantitative estimate of drug-likeness (QED) is 0.290. The lowest BCUT2D eigenvalue weighted by Crippen LogP contribution is -2.17. The van der Waals surface area contributed by atoms with Crippen molar-refractivity contribution in [1.29, 1.82) is 0 Å². The van der Waals surface area contributed by atoms with E-state index >= 15 is 0 Å². The van der Waals surface area contributed by atoms with Crippen molar-refractivity contribution in [3.05, 3.63) is 47.5 Å². The van der Waals surface area contributed by atoms with Crippen molar-refractivity contribution in [3.8, 4) is 23.0 Å². The second-order valence-electron chi connectivity index (χ2n) is 8.42. The minimum atomic E-state index is -0.255. The van der Waals surface area contributed by atoms with Crippen LogP contribution >= 0.6 is 31.9 Å². The van der Waals surface area contributed by atoms with Gasteiger partial charge < -0.3 is 28.4 Å². The number of rotatable bonds is 6. The second-order valence-corrected chi connectivity index (χ2v) is 10.6. The van der Waals surface area contributed by atoms with E-state index in [4.69, 9.17) is 28.4 Å². The van der Waals surface area contributed by atoms with Crippen LogP contribution in [0.1, 0.15) is 47.4 Å². The summed E-state index contributed by atoms with van der Waals surface area (Å²) in [4.78, 5) is 24.7. The van der Waals surface area contributed by atoms with E-state index in [0.29, 0.717) is 73.4 Å². The molecule has 1 aliphatic rings. The van der Waals surface area contributed by atoms with Gasteiger partial charge in [0, 0.05) is 11.1 Å². The minimum Gasteiger partial charge on any atom is -0.487 e. The Morgan fingerprint density at radius 1 is 0.605 bits per heavy atom. The Balaban J connectivity index is 1.66. The van der Waals surface area contributed by atoms with Crippen LogP contribution in [0.15, 0.2) is 36.4 Å². The first-order valence-electron chi connectivity index (χ1n) is 12.8. The van der Waals surface area contributed by atoms with Gasteiger partial charge in [-0.05, 0) is 49.2 Å². The smallest absolute Gasteiger partial charge is 0.176 e. The molecule has 2 aromatic rings. The van der Waals surface area contributed by atoms with E-state index in [1.54, 1.807) is 36.4 Å². The summed E-state index contributed by atoms with van der Waals surface area (Å²) in [6, 6.07) is 10.3. The Hall–Kier alpha value is -2.14. The molecule has 0 amide bonds. The van der Waals surface area contributed by atoms with Crippen molar-refractivity contribution in [2.45, 2.75) is 36.3 Å². The molecule has 0 saturated carbocycles. The van der Waals surface area contributed by atoms with Crippen molar-refractivity contribution in [2.75, 3.05) is 52.9 Å². The Morgan fingerprint density at radius 3 is 1.29 bits per heavy atom. The molecule has 0 fully saturated rings. The summed E-state index contributed by atoms with van der Waals surface area (Å²) in [5.41, 5.74) is 1.09. The van der Waals surface area contributed by atoms with Crippen LogP contribution in [0.4, 0.5) is 0 Å². The molecule has 0 spiro atoms. The van der Waals surface area contributed by atoms with Gasteiger partial charge >= 0.3 is 0 Å². The lowest BCUT2D eigenvalue weighted by Gasteiger charge is -2.17. The summed E-state index contributed by atoms with van der Waals surface area (Å²) in [5.74, 6) is 1.98. The first-order valence-corrected chi connectivity index (χ1v) is 14.6. The van der Waals surface area contributed by atoms with Crippen molar-refractivity contribution in [2.24, 2.45) is 0 Å². The fourth-order valence-corrected chi connectivity index (χ4v) is 4.09. The van der Waals surface area contributed by atoms with Gasteiger partial charge in [-0.1, -0.05) is 45.7 Å². The van der Waals surface area contributed by atoms with Crippen molar-refractivity contribution in [1.82, 2.24) is 0 Å². The summed E-state index contributed by atoms with van der Waals surface area (Å²) < 4.78 is 34.9. The number of hydrogen-bond donors (Lipinski definition) is 0. The molecule has 1 aliphatic heterocycles. The molecule has 208 valence electrons. The highest BCUT2D eigenvalue weighted by atomic mass is 79.9. The number of Topliss-reactive ketones (excluding diaryl/α,β-unsaturated/α-hetero) is 2. The molecule has 0 N–H and O–H groups in total. The average molecular weight is 658 g/mol. The number of carbonyl (C=O) groups is 2. The number of ketones is 2. The number of ether oxygens (including phenoxy) is 6. The fraction of sp³-hybridized carbons (Fsp3) is 0.500. The number of halogens is 2. The molecule has 0 radical (unpaired) electrons. The third kappa shape index (κ3) is 8.97. The molecule has 3 rings (SSSR count). The van der Waals surface area contributed by atoms with E-state index < -0.39 is 0 Å². The van der Waals surface area contributed by atoms with Gasteiger partial charge in [-0.15, -0.1) is 0 Å². The predicted molar refractivity (Wildman–Crippen MR) is 151 cm³/mol. The summed E-state index contributed by atoms with van der Waals surface area (Å²) in [6.07, 6.45) is 1.37. The van der Waals surface area contributed by atoms with E-state index in [-0.39, 0.29) is 47.6 Å². The maximum Gasteiger partial charge on any atom is 0.176 e. The summed E-state index contributed by atoms with van der Waals surface area (Å²) in [5, 5.41) is 0. The van der Waals surface area contributed by atoms with Gasteiger partial charge in [0.15, 0.2) is 34.6 Å². The second kappa shape index (κ2) is 16.1. The molecule has 0 bridgehead atoms. The standard InChI is InChI=1S/C28H34Br2O8/c1-3-21(29)27(31)19-5-7-23-25(17-19)37-15-11-33-10-14-36-24-8-6-20(28(32)22(30)4-2)18-26(24)38-16-12-34-9-13-35-23/h5-8,17-18,21-22H,3-4,9-16H2,1-2H3. The number of fused-ring (bicyclic) bond motifs is 2. The zero-order valence-corrected chi connectivity index (χ0v) is 24.9. The van der Waals surface area contributed by atoms with Crippen LogP contribution in [0.25, 0.3) is 0 Å². The third-order valence-corrected chi connectivity index (χ3v) is 7.81. The van der Waals surface area contributed by atoms with Crippen LogP contribution < -0.4 is 18.9 Å². The van der Waals surface area contributed by atoms with Gasteiger partial charge in [0.05, 0.1) is 36.1 Å². The molecule has 2 aromatic carbocycles. The molecule has 2 unspecified atom stereocenters. The van der Waals surface area contributed by atoms with Crippen LogP contribution in [0.2, 0.25) is 0 Å². The Labute approximate surface area is 240 Å². The number of alkyl halides is 2. The number of carbonyl (C=O) groups excluding carboxylic acids is 2. The topological polar surface area (TPSA) is 89.5 Å². The van der Waals surface area contributed by atoms with E-state index in [1.165, 1.54) is 0 Å². The largest absolute Gasteiger partial charge is 0.487 e. The molecule has 2 atom stereocenters. The third-order valence-electron chi connectivity index (χ3n) is 5.68. The van der Waals surface area contributed by atoms with Crippen LogP contribution in [0.5, 0.6) is 23.0 Å². The van der Waals surface area contributed by atoms with Gasteiger partial charge in [0.1, 0.15) is 26.4 Å². The summed E-state index contributed by atoms with van der Waals surface area (Å²) in [6.45, 7) is 6.31. The minimum absolute atomic E-state index is 0.00997. The van der Waals surface area contributed by atoms with Gasteiger partial charge in [0.2, 0.25) is 0 Å². The van der Waals surface area contributed by atoms with E-state index in [9.17, 15) is 9.59 Å². The van der Waals surface area contributed by atoms with Crippen molar-refractivity contribution >= 4 is 43.4 Å². The van der Waals surface area contributed by atoms with Gasteiger partial charge in [-0.25, -0.2) is 0 Å². The normalized spacial score (nSPS) is 16.9. The highest BCUT2D eigenvalue weighted by Crippen LogP contribution is 2.31. The maximum absolute atomic E-state index is 12.6. The molecule has 0 aromatic heterocycles. The molecular weight excluding hydrogens is 624 g/mol. The Kier molecular flexibility index (Phi) is 12.9. The molecule has 0 aliphatic carbocycles. The van der Waals surface area contributed by atoms with Crippen LogP contribution in [-0.4, -0.2) is 74.1 Å². The zero-order valence-electron chi connectivity index (χ0n) is 21.7. The van der Waals surface area contributed by atoms with Gasteiger partial charge in [-0.3, -0.25) is 9.59 Å². The number of hydrogen-bond acceptors (Lipinski definition) is 8. The molecular formula is C28H34Br2O8. The lowest BCUT2D eigenvalue weighted by atomic mass is 10.1. The summed E-state index contributed by atoms with van der Waals surface area (Å²) in [7, 11) is 0. The van der Waals surface area contributed by atoms with E-state index in [2.05, 4.69) is 31.9 Å². The fourth-order valence-electron chi connectivity index (χ4n) is 3.57. The molecule has 8 nitrogen and oxygen atoms in total. The van der Waals surface area contributed by atoms with Crippen molar-refractivity contribution in [3.63, 3.8) is 0 Å². The molecule has 38 heavy (non-hydrogen) atoms. The van der Waals surface area contributed by atoms with Gasteiger partial charge in [0.25, 0.3) is 0 Å². The van der Waals surface area contributed by atoms with Crippen molar-refractivity contribution < 1.29 is 38.0 Å². The molecule has 0 saturated heterocycles. The van der Waals surface area contributed by atoms with Crippen LogP contribution in [0.3, 0.4) is 0 Å².